The Hall–Kier alpha value is -3.52. The monoisotopic (exact) mass is 462 g/mol. The molecule has 7 nitrogen and oxygen atoms in total. The summed E-state index contributed by atoms with van der Waals surface area (Å²) in [6.07, 6.45) is 3.42. The number of amides is 1. The molecule has 2 heterocycles. The minimum atomic E-state index is -0.407. The van der Waals surface area contributed by atoms with Crippen LogP contribution in [0.1, 0.15) is 30.9 Å². The molecule has 0 saturated carbocycles. The fourth-order valence-corrected chi connectivity index (χ4v) is 4.60. The number of aryl methyl sites for hydroxylation is 2. The van der Waals surface area contributed by atoms with Crippen molar-refractivity contribution >= 4 is 33.3 Å². The minimum absolute atomic E-state index is 0.00578. The Labute approximate surface area is 195 Å². The maximum absolute atomic E-state index is 12.7. The van der Waals surface area contributed by atoms with Gasteiger partial charge in [0.15, 0.2) is 5.13 Å². The number of hydrogen-bond acceptors (Lipinski definition) is 5. The van der Waals surface area contributed by atoms with Gasteiger partial charge in [0.1, 0.15) is 0 Å². The van der Waals surface area contributed by atoms with Gasteiger partial charge in [-0.05, 0) is 30.0 Å². The first-order valence-electron chi connectivity index (χ1n) is 10.9. The van der Waals surface area contributed by atoms with Crippen LogP contribution in [0, 0.1) is 0 Å². The number of aromatic nitrogens is 3. The van der Waals surface area contributed by atoms with E-state index >= 15 is 0 Å². The standard InChI is InChI=1S/C25H26N4O3S/c1-4-5-7-16-10-12-17(13-11-16)19-15-33-24(26-19)27-21(30)14-18-8-6-9-20-22(18)23(31)29(3)25(32)28(20)2/h6,8-13,15H,4-5,7,14H2,1-3H3,(H,26,27,30). The van der Waals surface area contributed by atoms with E-state index in [1.807, 2.05) is 5.38 Å². The smallest absolute Gasteiger partial charge is 0.302 e. The summed E-state index contributed by atoms with van der Waals surface area (Å²) in [5.74, 6) is -0.269. The van der Waals surface area contributed by atoms with E-state index < -0.39 is 11.2 Å². The lowest BCUT2D eigenvalue weighted by atomic mass is 10.1. The van der Waals surface area contributed by atoms with Gasteiger partial charge in [-0.2, -0.15) is 0 Å². The lowest BCUT2D eigenvalue weighted by Crippen LogP contribution is -2.37. The number of rotatable bonds is 7. The highest BCUT2D eigenvalue weighted by Gasteiger charge is 2.15. The van der Waals surface area contributed by atoms with Crippen LogP contribution in [-0.4, -0.2) is 20.0 Å². The molecule has 2 aromatic carbocycles. The van der Waals surface area contributed by atoms with Gasteiger partial charge in [-0.1, -0.05) is 49.7 Å². The van der Waals surface area contributed by atoms with Crippen LogP contribution in [0.5, 0.6) is 0 Å². The number of unbranched alkanes of at least 4 members (excludes halogenated alkanes) is 1. The van der Waals surface area contributed by atoms with Gasteiger partial charge in [0, 0.05) is 25.0 Å². The van der Waals surface area contributed by atoms with Crippen molar-refractivity contribution in [2.45, 2.75) is 32.6 Å². The quantitative estimate of drug-likeness (QED) is 0.452. The van der Waals surface area contributed by atoms with E-state index in [0.29, 0.717) is 21.6 Å². The molecule has 33 heavy (non-hydrogen) atoms. The molecule has 4 rings (SSSR count). The molecule has 0 saturated heterocycles. The molecule has 8 heteroatoms. The van der Waals surface area contributed by atoms with Gasteiger partial charge in [0.05, 0.1) is 23.0 Å². The molecule has 0 spiro atoms. The zero-order valence-corrected chi connectivity index (χ0v) is 19.7. The number of carbonyl (C=O) groups is 1. The van der Waals surface area contributed by atoms with Gasteiger partial charge in [-0.25, -0.2) is 9.78 Å². The SMILES string of the molecule is CCCCc1ccc(-c2csc(NC(=O)Cc3cccc4c3c(=O)n(C)c(=O)n4C)n2)cc1. The van der Waals surface area contributed by atoms with Gasteiger partial charge in [0.2, 0.25) is 5.91 Å². The van der Waals surface area contributed by atoms with E-state index in [1.165, 1.54) is 41.4 Å². The number of anilines is 1. The lowest BCUT2D eigenvalue weighted by molar-refractivity contribution is -0.115. The van der Waals surface area contributed by atoms with Crippen molar-refractivity contribution in [3.05, 3.63) is 79.8 Å². The first kappa shape index (κ1) is 22.7. The topological polar surface area (TPSA) is 86.0 Å². The highest BCUT2D eigenvalue weighted by molar-refractivity contribution is 7.14. The molecule has 0 fully saturated rings. The molecule has 0 bridgehead atoms. The van der Waals surface area contributed by atoms with Gasteiger partial charge < -0.3 is 5.32 Å². The third-order valence-electron chi connectivity index (χ3n) is 5.75. The number of carbonyl (C=O) groups excluding carboxylic acids is 1. The molecule has 0 atom stereocenters. The van der Waals surface area contributed by atoms with Crippen LogP contribution >= 0.6 is 11.3 Å². The number of hydrogen-bond donors (Lipinski definition) is 1. The number of nitrogens with one attached hydrogen (secondary N) is 1. The summed E-state index contributed by atoms with van der Waals surface area (Å²) in [7, 11) is 3.05. The van der Waals surface area contributed by atoms with E-state index in [2.05, 4.69) is 41.5 Å². The second-order valence-electron chi connectivity index (χ2n) is 8.08. The molecule has 1 N–H and O–H groups in total. The van der Waals surface area contributed by atoms with Crippen molar-refractivity contribution in [2.75, 3.05) is 5.32 Å². The Morgan fingerprint density at radius 1 is 1.06 bits per heavy atom. The van der Waals surface area contributed by atoms with E-state index in [0.717, 1.165) is 22.2 Å². The number of fused-ring (bicyclic) bond motifs is 1. The molecule has 0 aliphatic carbocycles. The predicted octanol–water partition coefficient (Wildman–Crippen LogP) is 3.88. The fourth-order valence-electron chi connectivity index (χ4n) is 3.87. The van der Waals surface area contributed by atoms with Gasteiger partial charge in [-0.3, -0.25) is 18.7 Å². The maximum atomic E-state index is 12.7. The third kappa shape index (κ3) is 4.66. The van der Waals surface area contributed by atoms with E-state index in [4.69, 9.17) is 0 Å². The van der Waals surface area contributed by atoms with E-state index in [9.17, 15) is 14.4 Å². The Morgan fingerprint density at radius 3 is 2.55 bits per heavy atom. The molecular weight excluding hydrogens is 436 g/mol. The largest absolute Gasteiger partial charge is 0.330 e. The van der Waals surface area contributed by atoms with E-state index in [-0.39, 0.29) is 12.3 Å². The Bertz CT molecular complexity index is 1430. The first-order valence-corrected chi connectivity index (χ1v) is 11.8. The second-order valence-corrected chi connectivity index (χ2v) is 8.94. The highest BCUT2D eigenvalue weighted by atomic mass is 32.1. The van der Waals surface area contributed by atoms with Crippen molar-refractivity contribution in [3.63, 3.8) is 0 Å². The van der Waals surface area contributed by atoms with Crippen LogP contribution in [0.15, 0.2) is 57.4 Å². The number of nitrogens with zero attached hydrogens (tertiary/aromatic N) is 3. The molecule has 0 unspecified atom stereocenters. The molecule has 0 aliphatic rings. The Morgan fingerprint density at radius 2 is 1.82 bits per heavy atom. The average Bonchev–Trinajstić information content (AvgIpc) is 3.28. The first-order chi connectivity index (χ1) is 15.9. The summed E-state index contributed by atoms with van der Waals surface area (Å²) in [4.78, 5) is 42.2. The lowest BCUT2D eigenvalue weighted by Gasteiger charge is -2.10. The van der Waals surface area contributed by atoms with Crippen LogP contribution in [-0.2, 0) is 31.7 Å². The van der Waals surface area contributed by atoms with Crippen LogP contribution < -0.4 is 16.6 Å². The normalized spacial score (nSPS) is 11.1. The highest BCUT2D eigenvalue weighted by Crippen LogP contribution is 2.26. The molecule has 1 amide bonds. The second kappa shape index (κ2) is 9.54. The summed E-state index contributed by atoms with van der Waals surface area (Å²) in [6.45, 7) is 2.18. The molecule has 0 aliphatic heterocycles. The third-order valence-corrected chi connectivity index (χ3v) is 6.51. The molecule has 0 radical (unpaired) electrons. The van der Waals surface area contributed by atoms with Crippen LogP contribution in [0.3, 0.4) is 0 Å². The predicted molar refractivity (Wildman–Crippen MR) is 133 cm³/mol. The van der Waals surface area contributed by atoms with Crippen molar-refractivity contribution in [3.8, 4) is 11.3 Å². The van der Waals surface area contributed by atoms with E-state index in [1.54, 1.807) is 25.2 Å². The molecule has 4 aromatic rings. The van der Waals surface area contributed by atoms with Crippen molar-refractivity contribution in [2.24, 2.45) is 14.1 Å². The van der Waals surface area contributed by atoms with Gasteiger partial charge >= 0.3 is 5.69 Å². The molecule has 170 valence electrons. The Balaban J connectivity index is 1.52. The Kier molecular flexibility index (Phi) is 6.55. The summed E-state index contributed by atoms with van der Waals surface area (Å²) in [6, 6.07) is 13.5. The summed E-state index contributed by atoms with van der Waals surface area (Å²) in [5.41, 5.74) is 3.39. The van der Waals surface area contributed by atoms with Gasteiger partial charge in [-0.15, -0.1) is 11.3 Å². The van der Waals surface area contributed by atoms with Crippen molar-refractivity contribution in [1.29, 1.82) is 0 Å². The summed E-state index contributed by atoms with van der Waals surface area (Å²) in [5, 5.41) is 5.63. The number of benzene rings is 2. The summed E-state index contributed by atoms with van der Waals surface area (Å²) >= 11 is 1.36. The molecular formula is C25H26N4O3S. The van der Waals surface area contributed by atoms with Crippen molar-refractivity contribution < 1.29 is 4.79 Å². The van der Waals surface area contributed by atoms with Crippen LogP contribution in [0.4, 0.5) is 5.13 Å². The zero-order chi connectivity index (χ0) is 23.5. The van der Waals surface area contributed by atoms with Crippen molar-refractivity contribution in [1.82, 2.24) is 14.1 Å². The zero-order valence-electron chi connectivity index (χ0n) is 18.9. The minimum Gasteiger partial charge on any atom is -0.302 e. The average molecular weight is 463 g/mol. The number of thiazole rings is 1. The van der Waals surface area contributed by atoms with Crippen LogP contribution in [0.2, 0.25) is 0 Å². The summed E-state index contributed by atoms with van der Waals surface area (Å²) < 4.78 is 2.48. The van der Waals surface area contributed by atoms with Gasteiger partial charge in [0.25, 0.3) is 5.56 Å². The molecule has 2 aromatic heterocycles. The maximum Gasteiger partial charge on any atom is 0.330 e. The van der Waals surface area contributed by atoms with Crippen LogP contribution in [0.25, 0.3) is 22.2 Å². The fraction of sp³-hybridized carbons (Fsp3) is 0.280.